The van der Waals surface area contributed by atoms with Crippen LogP contribution in [0.2, 0.25) is 0 Å². The molecule has 0 radical (unpaired) electrons. The molecule has 0 unspecified atom stereocenters. The standard InChI is InChI=1S/C33H20N2S/c1-2-9-21(10-3-1)22-11-8-12-23(19-22)35-29-15-6-4-13-24(29)28-20-34-31-27(32(28)35)18-17-26-25-14-5-7-16-30(25)36-33(26)31/h1-20H. The molecule has 3 heteroatoms. The van der Waals surface area contributed by atoms with Gasteiger partial charge in [-0.25, -0.2) is 0 Å². The molecule has 0 amide bonds. The third-order valence-electron chi connectivity index (χ3n) is 7.22. The highest BCUT2D eigenvalue weighted by Crippen LogP contribution is 2.42. The molecule has 0 fully saturated rings. The van der Waals surface area contributed by atoms with Gasteiger partial charge in [-0.3, -0.25) is 4.98 Å². The number of pyridine rings is 1. The monoisotopic (exact) mass is 476 g/mol. The third-order valence-corrected chi connectivity index (χ3v) is 8.42. The summed E-state index contributed by atoms with van der Waals surface area (Å²) in [5.41, 5.74) is 7.08. The van der Waals surface area contributed by atoms with Gasteiger partial charge in [-0.1, -0.05) is 84.9 Å². The van der Waals surface area contributed by atoms with Crippen LogP contribution in [0.25, 0.3) is 69.7 Å². The zero-order valence-electron chi connectivity index (χ0n) is 19.3. The van der Waals surface area contributed by atoms with Crippen LogP contribution in [-0.2, 0) is 0 Å². The number of para-hydroxylation sites is 1. The van der Waals surface area contributed by atoms with Gasteiger partial charge in [0.2, 0.25) is 0 Å². The van der Waals surface area contributed by atoms with Crippen LogP contribution in [0, 0.1) is 0 Å². The van der Waals surface area contributed by atoms with Crippen molar-refractivity contribution in [1.29, 1.82) is 0 Å². The number of rotatable bonds is 2. The minimum absolute atomic E-state index is 1.07. The molecule has 0 saturated heterocycles. The lowest BCUT2D eigenvalue weighted by molar-refractivity contribution is 1.19. The molecule has 36 heavy (non-hydrogen) atoms. The fraction of sp³-hybridized carbons (Fsp3) is 0. The second kappa shape index (κ2) is 7.51. The Hall–Kier alpha value is -4.47. The lowest BCUT2D eigenvalue weighted by atomic mass is 10.0. The van der Waals surface area contributed by atoms with Crippen LogP contribution in [-0.4, -0.2) is 9.55 Å². The first-order valence-corrected chi connectivity index (χ1v) is 13.0. The molecule has 0 atom stereocenters. The summed E-state index contributed by atoms with van der Waals surface area (Å²) >= 11 is 1.84. The maximum absolute atomic E-state index is 5.05. The van der Waals surface area contributed by atoms with Gasteiger partial charge in [0, 0.05) is 43.5 Å². The molecule has 0 saturated carbocycles. The average Bonchev–Trinajstić information content (AvgIpc) is 3.50. The second-order valence-corrected chi connectivity index (χ2v) is 10.3. The topological polar surface area (TPSA) is 17.8 Å². The molecule has 3 heterocycles. The lowest BCUT2D eigenvalue weighted by Gasteiger charge is -2.12. The molecule has 2 nitrogen and oxygen atoms in total. The van der Waals surface area contributed by atoms with Gasteiger partial charge >= 0.3 is 0 Å². The highest BCUT2D eigenvalue weighted by Gasteiger charge is 2.18. The van der Waals surface area contributed by atoms with Crippen molar-refractivity contribution in [2.24, 2.45) is 0 Å². The van der Waals surface area contributed by atoms with E-state index in [4.69, 9.17) is 4.98 Å². The predicted molar refractivity (Wildman–Crippen MR) is 154 cm³/mol. The zero-order valence-corrected chi connectivity index (χ0v) is 20.2. The van der Waals surface area contributed by atoms with Gasteiger partial charge in [-0.15, -0.1) is 11.3 Å². The first-order chi connectivity index (χ1) is 17.9. The van der Waals surface area contributed by atoms with E-state index in [1.54, 1.807) is 0 Å². The Morgan fingerprint density at radius 3 is 2.22 bits per heavy atom. The van der Waals surface area contributed by atoms with Gasteiger partial charge in [-0.05, 0) is 41.5 Å². The van der Waals surface area contributed by atoms with E-state index >= 15 is 0 Å². The van der Waals surface area contributed by atoms with Gasteiger partial charge in [-0.2, -0.15) is 0 Å². The quantitative estimate of drug-likeness (QED) is 0.243. The fourth-order valence-electron chi connectivity index (χ4n) is 5.61. The summed E-state index contributed by atoms with van der Waals surface area (Å²) in [6, 6.07) is 41.3. The summed E-state index contributed by atoms with van der Waals surface area (Å²) in [7, 11) is 0. The molecule has 0 aliphatic carbocycles. The summed E-state index contributed by atoms with van der Waals surface area (Å²) in [6.45, 7) is 0. The third kappa shape index (κ3) is 2.75. The second-order valence-electron chi connectivity index (χ2n) is 9.23. The summed E-state index contributed by atoms with van der Waals surface area (Å²) in [6.07, 6.45) is 2.07. The van der Waals surface area contributed by atoms with Crippen molar-refractivity contribution in [2.45, 2.75) is 0 Å². The van der Waals surface area contributed by atoms with E-state index in [1.165, 1.54) is 58.5 Å². The molecule has 8 aromatic rings. The van der Waals surface area contributed by atoms with E-state index in [9.17, 15) is 0 Å². The number of hydrogen-bond acceptors (Lipinski definition) is 2. The first-order valence-electron chi connectivity index (χ1n) is 12.1. The van der Waals surface area contributed by atoms with Crippen LogP contribution in [0.4, 0.5) is 0 Å². The van der Waals surface area contributed by atoms with E-state index in [0.29, 0.717) is 0 Å². The Balaban J connectivity index is 1.51. The highest BCUT2D eigenvalue weighted by atomic mass is 32.1. The van der Waals surface area contributed by atoms with E-state index in [2.05, 4.69) is 126 Å². The molecule has 0 spiro atoms. The predicted octanol–water partition coefficient (Wildman–Crippen LogP) is 9.37. The fourth-order valence-corrected chi connectivity index (χ4v) is 6.81. The molecule has 0 aliphatic heterocycles. The van der Waals surface area contributed by atoms with E-state index in [1.807, 2.05) is 11.3 Å². The number of benzene rings is 5. The highest BCUT2D eigenvalue weighted by molar-refractivity contribution is 7.26. The van der Waals surface area contributed by atoms with Crippen LogP contribution in [0.5, 0.6) is 0 Å². The molecule has 5 aromatic carbocycles. The van der Waals surface area contributed by atoms with Gasteiger partial charge < -0.3 is 4.57 Å². The van der Waals surface area contributed by atoms with Crippen LogP contribution in [0.1, 0.15) is 0 Å². The van der Waals surface area contributed by atoms with Crippen molar-refractivity contribution in [3.05, 3.63) is 121 Å². The Bertz CT molecular complexity index is 2100. The minimum Gasteiger partial charge on any atom is -0.308 e. The van der Waals surface area contributed by atoms with Gasteiger partial charge in [0.05, 0.1) is 21.3 Å². The van der Waals surface area contributed by atoms with Crippen LogP contribution in [0.3, 0.4) is 0 Å². The smallest absolute Gasteiger partial charge is 0.0902 e. The Morgan fingerprint density at radius 2 is 1.31 bits per heavy atom. The Morgan fingerprint density at radius 1 is 0.556 bits per heavy atom. The van der Waals surface area contributed by atoms with E-state index in [-0.39, 0.29) is 0 Å². The summed E-state index contributed by atoms with van der Waals surface area (Å²) in [5, 5.41) is 6.18. The molecule has 0 aliphatic rings. The molecule has 8 rings (SSSR count). The van der Waals surface area contributed by atoms with Gasteiger partial charge in [0.25, 0.3) is 0 Å². The van der Waals surface area contributed by atoms with Gasteiger partial charge in [0.1, 0.15) is 0 Å². The normalized spacial score (nSPS) is 11.9. The van der Waals surface area contributed by atoms with E-state index in [0.717, 1.165) is 11.2 Å². The summed E-state index contributed by atoms with van der Waals surface area (Å²) < 4.78 is 4.98. The van der Waals surface area contributed by atoms with Crippen molar-refractivity contribution in [3.8, 4) is 16.8 Å². The number of nitrogens with zero attached hydrogens (tertiary/aromatic N) is 2. The Labute approximate surface area is 211 Å². The van der Waals surface area contributed by atoms with Crippen molar-refractivity contribution < 1.29 is 0 Å². The Kier molecular flexibility index (Phi) is 4.13. The zero-order chi connectivity index (χ0) is 23.6. The van der Waals surface area contributed by atoms with Crippen LogP contribution >= 0.6 is 11.3 Å². The SMILES string of the molecule is c1ccc(-c2cccc(-n3c4ccccc4c4cnc5c(ccc6c7ccccc7sc65)c43)c2)cc1. The van der Waals surface area contributed by atoms with Crippen molar-refractivity contribution in [3.63, 3.8) is 0 Å². The average molecular weight is 477 g/mol. The van der Waals surface area contributed by atoms with Crippen molar-refractivity contribution >= 4 is 64.2 Å². The molecular weight excluding hydrogens is 456 g/mol. The van der Waals surface area contributed by atoms with Crippen molar-refractivity contribution in [2.75, 3.05) is 0 Å². The molecule has 168 valence electrons. The summed E-state index contributed by atoms with van der Waals surface area (Å²) in [4.78, 5) is 5.05. The lowest BCUT2D eigenvalue weighted by Crippen LogP contribution is -1.95. The number of fused-ring (bicyclic) bond motifs is 9. The molecule has 0 N–H and O–H groups in total. The van der Waals surface area contributed by atoms with Crippen LogP contribution in [0.15, 0.2) is 121 Å². The van der Waals surface area contributed by atoms with Gasteiger partial charge in [0.15, 0.2) is 0 Å². The van der Waals surface area contributed by atoms with Crippen LogP contribution < -0.4 is 0 Å². The largest absolute Gasteiger partial charge is 0.308 e. The van der Waals surface area contributed by atoms with E-state index < -0.39 is 0 Å². The number of aromatic nitrogens is 2. The number of thiophene rings is 1. The first kappa shape index (κ1) is 19.8. The maximum atomic E-state index is 5.05. The molecule has 0 bridgehead atoms. The summed E-state index contributed by atoms with van der Waals surface area (Å²) in [5.74, 6) is 0. The molecule has 3 aromatic heterocycles. The number of hydrogen-bond donors (Lipinski definition) is 0. The van der Waals surface area contributed by atoms with Crippen molar-refractivity contribution in [1.82, 2.24) is 9.55 Å². The minimum atomic E-state index is 1.07. The molecular formula is C33H20N2S. The maximum Gasteiger partial charge on any atom is 0.0902 e.